The molecule has 0 unspecified atom stereocenters. The Morgan fingerprint density at radius 3 is 2.64 bits per heavy atom. The first-order valence-corrected chi connectivity index (χ1v) is 11.0. The highest BCUT2D eigenvalue weighted by Gasteiger charge is 2.15. The van der Waals surface area contributed by atoms with Crippen molar-refractivity contribution in [1.82, 2.24) is 24.5 Å². The molecule has 36 heavy (non-hydrogen) atoms. The molecule has 6 aromatic rings. The first-order chi connectivity index (χ1) is 17.6. The maximum absolute atomic E-state index is 13.3. The maximum atomic E-state index is 13.3. The molecule has 0 aliphatic heterocycles. The lowest BCUT2D eigenvalue weighted by Gasteiger charge is -2.11. The molecule has 3 heterocycles. The molecule has 0 bridgehead atoms. The number of amides is 1. The third-order valence-electron chi connectivity index (χ3n) is 5.77. The summed E-state index contributed by atoms with van der Waals surface area (Å²) in [7, 11) is 0. The molecule has 0 saturated heterocycles. The van der Waals surface area contributed by atoms with Crippen LogP contribution in [0.2, 0.25) is 0 Å². The number of hydrogen-bond acceptors (Lipinski definition) is 6. The van der Waals surface area contributed by atoms with E-state index in [1.165, 1.54) is 22.8 Å². The summed E-state index contributed by atoms with van der Waals surface area (Å²) < 4.78 is 21.5. The van der Waals surface area contributed by atoms with E-state index >= 15 is 0 Å². The molecular weight excluding hydrogens is 463 g/mol. The number of hydrogen-bond donors (Lipinski definition) is 1. The van der Waals surface area contributed by atoms with Gasteiger partial charge in [0, 0.05) is 17.1 Å². The van der Waals surface area contributed by atoms with Crippen LogP contribution in [0.1, 0.15) is 0 Å². The summed E-state index contributed by atoms with van der Waals surface area (Å²) in [5, 5.41) is 14.4. The molecule has 0 fully saturated rings. The smallest absolute Gasteiger partial charge is 0.299 e. The summed E-state index contributed by atoms with van der Waals surface area (Å²) in [6.45, 7) is -0.288. The average Bonchev–Trinajstić information content (AvgIpc) is 3.34. The van der Waals surface area contributed by atoms with Crippen molar-refractivity contribution in [3.8, 4) is 16.9 Å². The van der Waals surface area contributed by atoms with E-state index in [0.29, 0.717) is 28.0 Å². The molecule has 0 spiro atoms. The monoisotopic (exact) mass is 480 g/mol. The number of pyridine rings is 1. The Bertz CT molecular complexity index is 1820. The predicted octanol–water partition coefficient (Wildman–Crippen LogP) is 3.55. The third-order valence-corrected chi connectivity index (χ3v) is 5.77. The Morgan fingerprint density at radius 2 is 1.78 bits per heavy atom. The zero-order valence-corrected chi connectivity index (χ0v) is 18.6. The van der Waals surface area contributed by atoms with Gasteiger partial charge in [-0.1, -0.05) is 48.5 Å². The van der Waals surface area contributed by atoms with Crippen molar-refractivity contribution in [1.29, 1.82) is 0 Å². The van der Waals surface area contributed by atoms with Crippen LogP contribution < -0.4 is 15.7 Å². The van der Waals surface area contributed by atoms with Crippen LogP contribution in [0.25, 0.3) is 38.6 Å². The Morgan fingerprint density at radius 1 is 0.972 bits per heavy atom. The zero-order valence-electron chi connectivity index (χ0n) is 18.6. The molecule has 1 amide bonds. The van der Waals surface area contributed by atoms with Gasteiger partial charge >= 0.3 is 0 Å². The SMILES string of the molecule is O=C(COc1cccc2ccccc12)Nn1ccc2c(nnc3c(-c4ccc(F)cc4)cnn32)c1=O. The summed E-state index contributed by atoms with van der Waals surface area (Å²) in [6, 6.07) is 20.8. The normalized spacial score (nSPS) is 11.2. The molecule has 3 aromatic carbocycles. The Kier molecular flexibility index (Phi) is 5.11. The average molecular weight is 480 g/mol. The highest BCUT2D eigenvalue weighted by atomic mass is 19.1. The molecule has 10 heteroatoms. The lowest BCUT2D eigenvalue weighted by atomic mass is 10.1. The maximum Gasteiger partial charge on any atom is 0.299 e. The molecule has 0 aliphatic carbocycles. The Balaban J connectivity index is 1.26. The minimum absolute atomic E-state index is 0.0222. The number of nitrogens with zero attached hydrogens (tertiary/aromatic N) is 5. The number of fused-ring (bicyclic) bond motifs is 4. The van der Waals surface area contributed by atoms with Crippen LogP contribution in [0.4, 0.5) is 4.39 Å². The van der Waals surface area contributed by atoms with Crippen molar-refractivity contribution in [2.24, 2.45) is 0 Å². The molecule has 0 saturated carbocycles. The fraction of sp³-hybridized carbons (Fsp3) is 0.0385. The van der Waals surface area contributed by atoms with Gasteiger partial charge in [0.05, 0.1) is 6.20 Å². The van der Waals surface area contributed by atoms with Gasteiger partial charge in [-0.05, 0) is 35.2 Å². The first-order valence-electron chi connectivity index (χ1n) is 11.0. The molecular formula is C26H17FN6O3. The lowest BCUT2D eigenvalue weighted by molar-refractivity contribution is -0.119. The van der Waals surface area contributed by atoms with Gasteiger partial charge < -0.3 is 4.74 Å². The van der Waals surface area contributed by atoms with E-state index in [0.717, 1.165) is 15.4 Å². The second-order valence-corrected chi connectivity index (χ2v) is 8.03. The molecule has 176 valence electrons. The van der Waals surface area contributed by atoms with Gasteiger partial charge in [-0.25, -0.2) is 13.6 Å². The molecule has 1 N–H and O–H groups in total. The van der Waals surface area contributed by atoms with Crippen molar-refractivity contribution >= 4 is 33.4 Å². The van der Waals surface area contributed by atoms with E-state index in [1.807, 2.05) is 36.4 Å². The molecule has 9 nitrogen and oxygen atoms in total. The van der Waals surface area contributed by atoms with Crippen LogP contribution in [0.5, 0.6) is 5.75 Å². The van der Waals surface area contributed by atoms with Crippen molar-refractivity contribution in [3.05, 3.63) is 101 Å². The number of nitrogens with one attached hydrogen (secondary N) is 1. The minimum atomic E-state index is -0.570. The topological polar surface area (TPSA) is 103 Å². The predicted molar refractivity (Wildman–Crippen MR) is 132 cm³/mol. The van der Waals surface area contributed by atoms with E-state index < -0.39 is 11.5 Å². The Labute approximate surface area is 202 Å². The van der Waals surface area contributed by atoms with E-state index in [2.05, 4.69) is 20.7 Å². The molecule has 6 rings (SSSR count). The summed E-state index contributed by atoms with van der Waals surface area (Å²) >= 11 is 0. The summed E-state index contributed by atoms with van der Waals surface area (Å²) in [4.78, 5) is 25.5. The van der Waals surface area contributed by atoms with Crippen molar-refractivity contribution in [2.75, 3.05) is 12.0 Å². The van der Waals surface area contributed by atoms with Gasteiger partial charge in [0.1, 0.15) is 17.1 Å². The number of benzene rings is 3. The highest BCUT2D eigenvalue weighted by molar-refractivity contribution is 5.90. The number of aromatic nitrogens is 5. The van der Waals surface area contributed by atoms with Crippen LogP contribution in [0.15, 0.2) is 90.0 Å². The second kappa shape index (κ2) is 8.58. The first kappa shape index (κ1) is 21.4. The second-order valence-electron chi connectivity index (χ2n) is 8.03. The standard InChI is InChI=1S/C26H17FN6O3/c27-18-10-8-17(9-11-18)20-14-28-33-21-12-13-32(26(35)24(21)29-30-25(20)33)31-23(34)15-36-22-7-3-5-16-4-1-2-6-19(16)22/h1-14H,15H2,(H,31,34). The summed E-state index contributed by atoms with van der Waals surface area (Å²) in [5.41, 5.74) is 4.15. The quantitative estimate of drug-likeness (QED) is 0.405. The van der Waals surface area contributed by atoms with Gasteiger partial charge in [0.25, 0.3) is 11.5 Å². The van der Waals surface area contributed by atoms with Crippen molar-refractivity contribution in [2.45, 2.75) is 0 Å². The lowest BCUT2D eigenvalue weighted by Crippen LogP contribution is -2.35. The van der Waals surface area contributed by atoms with Gasteiger partial charge in [0.15, 0.2) is 17.8 Å². The van der Waals surface area contributed by atoms with E-state index in [-0.39, 0.29) is 17.9 Å². The van der Waals surface area contributed by atoms with E-state index in [4.69, 9.17) is 4.74 Å². The van der Waals surface area contributed by atoms with E-state index in [1.54, 1.807) is 30.5 Å². The third kappa shape index (κ3) is 3.70. The van der Waals surface area contributed by atoms with Gasteiger partial charge in [0.2, 0.25) is 0 Å². The fourth-order valence-electron chi connectivity index (χ4n) is 4.04. The molecule has 3 aromatic heterocycles. The Hall–Kier alpha value is -5.12. The van der Waals surface area contributed by atoms with Crippen LogP contribution in [-0.4, -0.2) is 37.0 Å². The van der Waals surface area contributed by atoms with Crippen molar-refractivity contribution < 1.29 is 13.9 Å². The summed E-state index contributed by atoms with van der Waals surface area (Å²) in [5.74, 6) is -0.300. The summed E-state index contributed by atoms with van der Waals surface area (Å²) in [6.07, 6.45) is 3.00. The van der Waals surface area contributed by atoms with Crippen LogP contribution in [-0.2, 0) is 4.79 Å². The number of ether oxygens (including phenoxy) is 1. The van der Waals surface area contributed by atoms with Gasteiger partial charge in [-0.15, -0.1) is 10.2 Å². The molecule has 0 atom stereocenters. The minimum Gasteiger partial charge on any atom is -0.483 e. The van der Waals surface area contributed by atoms with Crippen LogP contribution in [0.3, 0.4) is 0 Å². The molecule has 0 aliphatic rings. The van der Waals surface area contributed by atoms with Crippen LogP contribution in [0, 0.1) is 5.82 Å². The van der Waals surface area contributed by atoms with Crippen molar-refractivity contribution in [3.63, 3.8) is 0 Å². The number of rotatable bonds is 5. The largest absolute Gasteiger partial charge is 0.483 e. The molecule has 0 radical (unpaired) electrons. The van der Waals surface area contributed by atoms with Crippen LogP contribution >= 0.6 is 0 Å². The van der Waals surface area contributed by atoms with Gasteiger partial charge in [-0.3, -0.25) is 15.0 Å². The number of carbonyl (C=O) groups is 1. The van der Waals surface area contributed by atoms with Gasteiger partial charge in [-0.2, -0.15) is 5.10 Å². The number of carbonyl (C=O) groups excluding carboxylic acids is 1. The zero-order chi connectivity index (χ0) is 24.6. The number of halogens is 1. The fourth-order valence-corrected chi connectivity index (χ4v) is 4.04. The highest BCUT2D eigenvalue weighted by Crippen LogP contribution is 2.26. The van der Waals surface area contributed by atoms with E-state index in [9.17, 15) is 14.0 Å².